The second-order valence-electron chi connectivity index (χ2n) is 5.95. The van der Waals surface area contributed by atoms with Crippen LogP contribution >= 0.6 is 0 Å². The van der Waals surface area contributed by atoms with Crippen molar-refractivity contribution in [2.45, 2.75) is 32.0 Å². The van der Waals surface area contributed by atoms with Crippen LogP contribution < -0.4 is 11.1 Å². The summed E-state index contributed by atoms with van der Waals surface area (Å²) in [5.74, 6) is -0.975. The second kappa shape index (κ2) is 9.35. The molecule has 0 radical (unpaired) electrons. The molecule has 2 rings (SSSR count). The van der Waals surface area contributed by atoms with Crippen LogP contribution in [0.25, 0.3) is 0 Å². The zero-order chi connectivity index (χ0) is 18.9. The predicted molar refractivity (Wildman–Crippen MR) is 96.7 cm³/mol. The number of ether oxygens (including phenoxy) is 1. The van der Waals surface area contributed by atoms with E-state index in [1.54, 1.807) is 31.2 Å². The Bertz CT molecular complexity index is 799. The number of carbonyl (C=O) groups excluding carboxylic acids is 2. The molecule has 0 spiro atoms. The van der Waals surface area contributed by atoms with Crippen LogP contribution in [-0.2, 0) is 27.4 Å². The number of benzene rings is 2. The molecule has 2 aromatic carbocycles. The summed E-state index contributed by atoms with van der Waals surface area (Å²) in [5.41, 5.74) is 8.07. The van der Waals surface area contributed by atoms with Gasteiger partial charge in [0.1, 0.15) is 12.6 Å². The van der Waals surface area contributed by atoms with Crippen molar-refractivity contribution in [2.75, 3.05) is 0 Å². The van der Waals surface area contributed by atoms with Crippen molar-refractivity contribution in [3.05, 3.63) is 71.3 Å². The van der Waals surface area contributed by atoms with Crippen LogP contribution in [0.4, 0.5) is 0 Å². The third-order valence-electron chi connectivity index (χ3n) is 3.78. The molecule has 0 aliphatic rings. The average molecular weight is 351 g/mol. The number of nitrogens with two attached hydrogens (primary N) is 1. The van der Waals surface area contributed by atoms with Crippen molar-refractivity contribution in [3.8, 4) is 6.07 Å². The highest BCUT2D eigenvalue weighted by atomic mass is 16.5. The van der Waals surface area contributed by atoms with Gasteiger partial charge in [-0.25, -0.2) is 4.79 Å². The molecule has 134 valence electrons. The van der Waals surface area contributed by atoms with Crippen LogP contribution in [0, 0.1) is 11.3 Å². The molecule has 6 heteroatoms. The molecule has 0 heterocycles. The van der Waals surface area contributed by atoms with Crippen molar-refractivity contribution in [3.63, 3.8) is 0 Å². The van der Waals surface area contributed by atoms with Gasteiger partial charge in [-0.2, -0.15) is 5.26 Å². The summed E-state index contributed by atoms with van der Waals surface area (Å²) in [4.78, 5) is 24.2. The molecule has 1 amide bonds. The maximum absolute atomic E-state index is 12.2. The Labute approximate surface area is 152 Å². The van der Waals surface area contributed by atoms with Crippen molar-refractivity contribution >= 4 is 11.9 Å². The Morgan fingerprint density at radius 1 is 1.15 bits per heavy atom. The Kier molecular flexibility index (Phi) is 6.89. The maximum atomic E-state index is 12.2. The van der Waals surface area contributed by atoms with Gasteiger partial charge in [-0.3, -0.25) is 4.79 Å². The molecule has 0 saturated heterocycles. The van der Waals surface area contributed by atoms with Crippen molar-refractivity contribution in [1.82, 2.24) is 5.32 Å². The van der Waals surface area contributed by atoms with Crippen molar-refractivity contribution in [2.24, 2.45) is 5.73 Å². The van der Waals surface area contributed by atoms with Gasteiger partial charge in [0.2, 0.25) is 5.91 Å². The van der Waals surface area contributed by atoms with E-state index < -0.39 is 24.0 Å². The summed E-state index contributed by atoms with van der Waals surface area (Å²) in [6.07, 6.45) is 0.271. The number of esters is 1. The summed E-state index contributed by atoms with van der Waals surface area (Å²) >= 11 is 0. The van der Waals surface area contributed by atoms with E-state index in [0.29, 0.717) is 5.56 Å². The molecule has 3 N–H and O–H groups in total. The monoisotopic (exact) mass is 351 g/mol. The standard InChI is InChI=1S/C20H21N3O3/c1-14(20(25)26-13-15-6-3-2-4-7-15)23-19(24)18(22)11-16-8-5-9-17(10-16)12-21/h2-10,14,18H,11,13,22H2,1H3,(H,23,24)/t14-,18-/m0/s1. The predicted octanol–water partition coefficient (Wildman–Crippen LogP) is 1.68. The molecule has 0 aliphatic heterocycles. The van der Waals surface area contributed by atoms with Gasteiger partial charge in [0, 0.05) is 0 Å². The minimum Gasteiger partial charge on any atom is -0.459 e. The van der Waals surface area contributed by atoms with E-state index in [1.165, 1.54) is 0 Å². The highest BCUT2D eigenvalue weighted by molar-refractivity contribution is 5.87. The Morgan fingerprint density at radius 3 is 2.54 bits per heavy atom. The molecule has 0 aromatic heterocycles. The topological polar surface area (TPSA) is 105 Å². The van der Waals surface area contributed by atoms with Crippen LogP contribution in [0.15, 0.2) is 54.6 Å². The number of hydrogen-bond acceptors (Lipinski definition) is 5. The summed E-state index contributed by atoms with van der Waals surface area (Å²) in [6.45, 7) is 1.70. The number of carbonyl (C=O) groups is 2. The lowest BCUT2D eigenvalue weighted by molar-refractivity contribution is -0.148. The lowest BCUT2D eigenvalue weighted by Crippen LogP contribution is -2.48. The van der Waals surface area contributed by atoms with E-state index >= 15 is 0 Å². The fraction of sp³-hybridized carbons (Fsp3) is 0.250. The summed E-state index contributed by atoms with van der Waals surface area (Å²) < 4.78 is 5.19. The van der Waals surface area contributed by atoms with E-state index in [4.69, 9.17) is 15.7 Å². The first-order valence-corrected chi connectivity index (χ1v) is 8.25. The highest BCUT2D eigenvalue weighted by Crippen LogP contribution is 2.07. The Hall–Kier alpha value is -3.17. The third-order valence-corrected chi connectivity index (χ3v) is 3.78. The molecule has 0 aliphatic carbocycles. The molecule has 2 atom stereocenters. The van der Waals surface area contributed by atoms with Crippen LogP contribution in [0.2, 0.25) is 0 Å². The van der Waals surface area contributed by atoms with Gasteiger partial charge in [-0.05, 0) is 36.6 Å². The molecule has 2 aromatic rings. The fourth-order valence-corrected chi connectivity index (χ4v) is 2.35. The number of nitrogens with one attached hydrogen (secondary N) is 1. The summed E-state index contributed by atoms with van der Waals surface area (Å²) in [6, 6.07) is 16.6. The first-order chi connectivity index (χ1) is 12.5. The second-order valence-corrected chi connectivity index (χ2v) is 5.95. The van der Waals surface area contributed by atoms with Gasteiger partial charge >= 0.3 is 5.97 Å². The zero-order valence-electron chi connectivity index (χ0n) is 14.5. The van der Waals surface area contributed by atoms with Gasteiger partial charge in [0.05, 0.1) is 17.7 Å². The molecule has 26 heavy (non-hydrogen) atoms. The van der Waals surface area contributed by atoms with Gasteiger partial charge < -0.3 is 15.8 Å². The van der Waals surface area contributed by atoms with Crippen molar-refractivity contribution in [1.29, 1.82) is 5.26 Å². The Morgan fingerprint density at radius 2 is 1.85 bits per heavy atom. The molecule has 0 bridgehead atoms. The van der Waals surface area contributed by atoms with Gasteiger partial charge in [-0.15, -0.1) is 0 Å². The molecule has 0 unspecified atom stereocenters. The summed E-state index contributed by atoms with van der Waals surface area (Å²) in [7, 11) is 0. The zero-order valence-corrected chi connectivity index (χ0v) is 14.5. The number of nitrogens with zero attached hydrogens (tertiary/aromatic N) is 1. The fourth-order valence-electron chi connectivity index (χ4n) is 2.35. The van der Waals surface area contributed by atoms with E-state index in [-0.39, 0.29) is 13.0 Å². The first kappa shape index (κ1) is 19.2. The largest absolute Gasteiger partial charge is 0.459 e. The number of nitriles is 1. The summed E-state index contributed by atoms with van der Waals surface area (Å²) in [5, 5.41) is 11.5. The Balaban J connectivity index is 1.83. The molecule has 0 fully saturated rings. The minimum atomic E-state index is -0.826. The molecular formula is C20H21N3O3. The number of hydrogen-bond donors (Lipinski definition) is 2. The van der Waals surface area contributed by atoms with Crippen LogP contribution in [-0.4, -0.2) is 24.0 Å². The molecule has 0 saturated carbocycles. The van der Waals surface area contributed by atoms with Crippen LogP contribution in [0.5, 0.6) is 0 Å². The lowest BCUT2D eigenvalue weighted by atomic mass is 10.0. The average Bonchev–Trinajstić information content (AvgIpc) is 2.66. The van der Waals surface area contributed by atoms with Gasteiger partial charge in [-0.1, -0.05) is 42.5 Å². The van der Waals surface area contributed by atoms with Crippen molar-refractivity contribution < 1.29 is 14.3 Å². The maximum Gasteiger partial charge on any atom is 0.328 e. The van der Waals surface area contributed by atoms with E-state index in [2.05, 4.69) is 5.32 Å². The lowest BCUT2D eigenvalue weighted by Gasteiger charge is -2.17. The first-order valence-electron chi connectivity index (χ1n) is 8.25. The molecule has 6 nitrogen and oxygen atoms in total. The van der Waals surface area contributed by atoms with Gasteiger partial charge in [0.15, 0.2) is 0 Å². The number of amides is 1. The van der Waals surface area contributed by atoms with Crippen LogP contribution in [0.1, 0.15) is 23.6 Å². The van der Waals surface area contributed by atoms with Crippen LogP contribution in [0.3, 0.4) is 0 Å². The SMILES string of the molecule is C[C@H](NC(=O)[C@@H](N)Cc1cccc(C#N)c1)C(=O)OCc1ccccc1. The highest BCUT2D eigenvalue weighted by Gasteiger charge is 2.21. The normalized spacial score (nSPS) is 12.5. The van der Waals surface area contributed by atoms with E-state index in [0.717, 1.165) is 11.1 Å². The van der Waals surface area contributed by atoms with Gasteiger partial charge in [0.25, 0.3) is 0 Å². The van der Waals surface area contributed by atoms with E-state index in [9.17, 15) is 9.59 Å². The minimum absolute atomic E-state index is 0.146. The number of rotatable bonds is 7. The smallest absolute Gasteiger partial charge is 0.328 e. The third kappa shape index (κ3) is 5.72. The molecular weight excluding hydrogens is 330 g/mol. The van der Waals surface area contributed by atoms with E-state index in [1.807, 2.05) is 36.4 Å². The quantitative estimate of drug-likeness (QED) is 0.738.